The standard InChI is InChI=1S/C25H21F3N4O3S/c1-32-23(6-8-31-32)22-12-16(25(26,27)28)2-4-19(22)20-7-11-35-24-13-18(3-5-21(20)24)36(33,34)15-17-14-29-9-10-30-17/h2-6,8-10,12-14,20H,7,11,15H2,1H3/t20-/m1/s1. The smallest absolute Gasteiger partial charge is 0.416 e. The van der Waals surface area contributed by atoms with Crippen LogP contribution in [-0.4, -0.2) is 34.8 Å². The zero-order chi connectivity index (χ0) is 25.5. The summed E-state index contributed by atoms with van der Waals surface area (Å²) in [6.07, 6.45) is 1.85. The summed E-state index contributed by atoms with van der Waals surface area (Å²) >= 11 is 0. The topological polar surface area (TPSA) is 87.0 Å². The molecule has 0 bridgehead atoms. The van der Waals surface area contributed by atoms with Gasteiger partial charge in [-0.2, -0.15) is 18.3 Å². The van der Waals surface area contributed by atoms with Crippen molar-refractivity contribution in [2.75, 3.05) is 6.61 Å². The van der Waals surface area contributed by atoms with Crippen molar-refractivity contribution in [2.24, 2.45) is 7.05 Å². The second kappa shape index (κ2) is 9.05. The molecular formula is C25H21F3N4O3S. The number of sulfone groups is 1. The molecule has 0 spiro atoms. The summed E-state index contributed by atoms with van der Waals surface area (Å²) in [5.74, 6) is -0.216. The third kappa shape index (κ3) is 4.58. The minimum absolute atomic E-state index is 0.0758. The zero-order valence-corrected chi connectivity index (χ0v) is 19.9. The van der Waals surface area contributed by atoms with Crippen LogP contribution in [0.4, 0.5) is 13.2 Å². The lowest BCUT2D eigenvalue weighted by molar-refractivity contribution is -0.137. The number of aromatic nitrogens is 4. The maximum absolute atomic E-state index is 13.5. The van der Waals surface area contributed by atoms with E-state index in [2.05, 4.69) is 15.1 Å². The van der Waals surface area contributed by atoms with Crippen molar-refractivity contribution < 1.29 is 26.3 Å². The van der Waals surface area contributed by atoms with E-state index in [1.807, 2.05) is 0 Å². The fourth-order valence-corrected chi connectivity index (χ4v) is 5.73. The number of hydrogen-bond acceptors (Lipinski definition) is 6. The van der Waals surface area contributed by atoms with Crippen molar-refractivity contribution in [1.82, 2.24) is 19.7 Å². The first-order chi connectivity index (χ1) is 17.1. The molecule has 11 heteroatoms. The lowest BCUT2D eigenvalue weighted by atomic mass is 9.83. The molecule has 2 aromatic heterocycles. The van der Waals surface area contributed by atoms with Crippen LogP contribution in [0, 0.1) is 0 Å². The van der Waals surface area contributed by atoms with Gasteiger partial charge in [0, 0.05) is 48.9 Å². The molecule has 1 aliphatic heterocycles. The van der Waals surface area contributed by atoms with Crippen LogP contribution in [0.5, 0.6) is 5.75 Å². The Labute approximate surface area is 205 Å². The molecule has 0 fully saturated rings. The molecule has 0 saturated carbocycles. The van der Waals surface area contributed by atoms with Crippen LogP contribution in [-0.2, 0) is 28.8 Å². The number of fused-ring (bicyclic) bond motifs is 1. The number of aryl methyl sites for hydroxylation is 1. The Morgan fingerprint density at radius 2 is 1.86 bits per heavy atom. The van der Waals surface area contributed by atoms with Crippen LogP contribution in [0.2, 0.25) is 0 Å². The van der Waals surface area contributed by atoms with Crippen molar-refractivity contribution in [2.45, 2.75) is 29.2 Å². The maximum atomic E-state index is 13.5. The third-order valence-electron chi connectivity index (χ3n) is 6.19. The van der Waals surface area contributed by atoms with Crippen LogP contribution in [0.3, 0.4) is 0 Å². The Hall–Kier alpha value is -3.73. The number of ether oxygens (including phenoxy) is 1. The second-order valence-electron chi connectivity index (χ2n) is 8.49. The Kier molecular flexibility index (Phi) is 6.03. The second-order valence-corrected chi connectivity index (χ2v) is 10.5. The van der Waals surface area contributed by atoms with E-state index in [4.69, 9.17) is 4.74 Å². The number of benzene rings is 2. The van der Waals surface area contributed by atoms with E-state index in [-0.39, 0.29) is 23.2 Å². The predicted octanol–water partition coefficient (Wildman–Crippen LogP) is 4.78. The normalized spacial score (nSPS) is 15.8. The van der Waals surface area contributed by atoms with Crippen LogP contribution >= 0.6 is 0 Å². The summed E-state index contributed by atoms with van der Waals surface area (Å²) < 4.78 is 73.9. The number of hydrogen-bond donors (Lipinski definition) is 0. The first-order valence-electron chi connectivity index (χ1n) is 11.1. The quantitative estimate of drug-likeness (QED) is 0.381. The Balaban J connectivity index is 1.56. The molecule has 0 amide bonds. The van der Waals surface area contributed by atoms with Crippen molar-refractivity contribution in [3.63, 3.8) is 0 Å². The Morgan fingerprint density at radius 1 is 1.06 bits per heavy atom. The molecular weight excluding hydrogens is 493 g/mol. The highest BCUT2D eigenvalue weighted by Gasteiger charge is 2.33. The van der Waals surface area contributed by atoms with E-state index in [1.54, 1.807) is 19.2 Å². The van der Waals surface area contributed by atoms with Crippen molar-refractivity contribution in [3.8, 4) is 17.0 Å². The van der Waals surface area contributed by atoms with E-state index in [1.165, 1.54) is 47.7 Å². The van der Waals surface area contributed by atoms with Gasteiger partial charge in [-0.25, -0.2) is 8.42 Å². The monoisotopic (exact) mass is 514 g/mol. The molecule has 1 atom stereocenters. The molecule has 7 nitrogen and oxygen atoms in total. The lowest BCUT2D eigenvalue weighted by Gasteiger charge is -2.28. The van der Waals surface area contributed by atoms with Crippen LogP contribution in [0.1, 0.15) is 34.7 Å². The van der Waals surface area contributed by atoms with Gasteiger partial charge in [0.2, 0.25) is 0 Å². The molecule has 0 saturated heterocycles. The summed E-state index contributed by atoms with van der Waals surface area (Å²) in [5.41, 5.74) is 1.93. The van der Waals surface area contributed by atoms with Gasteiger partial charge in [-0.15, -0.1) is 0 Å². The van der Waals surface area contributed by atoms with Crippen LogP contribution in [0.15, 0.2) is 72.1 Å². The van der Waals surface area contributed by atoms with Gasteiger partial charge in [0.1, 0.15) is 5.75 Å². The van der Waals surface area contributed by atoms with E-state index >= 15 is 0 Å². The molecule has 3 heterocycles. The molecule has 5 rings (SSSR count). The molecule has 2 aromatic carbocycles. The van der Waals surface area contributed by atoms with Crippen molar-refractivity contribution in [1.29, 1.82) is 0 Å². The average molecular weight is 515 g/mol. The first-order valence-corrected chi connectivity index (χ1v) is 12.7. The molecule has 4 aromatic rings. The number of rotatable bonds is 5. The molecule has 186 valence electrons. The fraction of sp³-hybridized carbons (Fsp3) is 0.240. The molecule has 0 aliphatic carbocycles. The SMILES string of the molecule is Cn1nccc1-c1cc(C(F)(F)F)ccc1[C@H]1CCOc2cc(S(=O)(=O)Cc3cnccn3)ccc21. The number of alkyl halides is 3. The summed E-state index contributed by atoms with van der Waals surface area (Å²) in [7, 11) is -2.05. The van der Waals surface area contributed by atoms with Gasteiger partial charge in [0.05, 0.1) is 34.2 Å². The van der Waals surface area contributed by atoms with Gasteiger partial charge in [-0.3, -0.25) is 14.6 Å². The van der Waals surface area contributed by atoms with E-state index in [0.717, 1.165) is 12.1 Å². The fourth-order valence-electron chi connectivity index (χ4n) is 4.47. The summed E-state index contributed by atoms with van der Waals surface area (Å²) in [6.45, 7) is 0.289. The van der Waals surface area contributed by atoms with Gasteiger partial charge in [0.15, 0.2) is 9.84 Å². The molecule has 1 aliphatic rings. The predicted molar refractivity (Wildman–Crippen MR) is 125 cm³/mol. The first kappa shape index (κ1) is 24.0. The zero-order valence-electron chi connectivity index (χ0n) is 19.1. The van der Waals surface area contributed by atoms with Crippen LogP contribution < -0.4 is 4.74 Å². The molecule has 0 unspecified atom stereocenters. The summed E-state index contributed by atoms with van der Waals surface area (Å²) in [6, 6.07) is 10.0. The van der Waals surface area contributed by atoms with E-state index < -0.39 is 21.6 Å². The van der Waals surface area contributed by atoms with E-state index in [9.17, 15) is 21.6 Å². The highest BCUT2D eigenvalue weighted by atomic mass is 32.2. The molecule has 0 radical (unpaired) electrons. The Bertz CT molecular complexity index is 1520. The van der Waals surface area contributed by atoms with Crippen molar-refractivity contribution >= 4 is 9.84 Å². The van der Waals surface area contributed by atoms with Gasteiger partial charge in [-0.05, 0) is 42.3 Å². The molecule has 0 N–H and O–H groups in total. The minimum atomic E-state index is -4.49. The lowest BCUT2D eigenvalue weighted by Crippen LogP contribution is -2.18. The van der Waals surface area contributed by atoms with Gasteiger partial charge < -0.3 is 4.74 Å². The average Bonchev–Trinajstić information content (AvgIpc) is 3.28. The highest BCUT2D eigenvalue weighted by Crippen LogP contribution is 2.44. The van der Waals surface area contributed by atoms with Gasteiger partial charge in [-0.1, -0.05) is 12.1 Å². The summed E-state index contributed by atoms with van der Waals surface area (Å²) in [4.78, 5) is 8.01. The third-order valence-corrected chi connectivity index (χ3v) is 7.84. The Morgan fingerprint density at radius 3 is 2.56 bits per heavy atom. The number of nitrogens with zero attached hydrogens (tertiary/aromatic N) is 4. The maximum Gasteiger partial charge on any atom is 0.416 e. The molecule has 36 heavy (non-hydrogen) atoms. The highest BCUT2D eigenvalue weighted by molar-refractivity contribution is 7.90. The van der Waals surface area contributed by atoms with Crippen LogP contribution in [0.25, 0.3) is 11.3 Å². The number of halogens is 3. The van der Waals surface area contributed by atoms with Crippen molar-refractivity contribution in [3.05, 3.63) is 89.6 Å². The van der Waals surface area contributed by atoms with Gasteiger partial charge >= 0.3 is 6.18 Å². The minimum Gasteiger partial charge on any atom is -0.493 e. The van der Waals surface area contributed by atoms with E-state index in [0.29, 0.717) is 40.2 Å². The summed E-state index contributed by atoms with van der Waals surface area (Å²) in [5, 5.41) is 4.12. The van der Waals surface area contributed by atoms with Gasteiger partial charge in [0.25, 0.3) is 0 Å². The largest absolute Gasteiger partial charge is 0.493 e.